The molecule has 0 saturated heterocycles. The van der Waals surface area contributed by atoms with Gasteiger partial charge in [-0.15, -0.1) is 0 Å². The van der Waals surface area contributed by atoms with E-state index in [-0.39, 0.29) is 29.8 Å². The molecule has 1 N–H and O–H groups in total. The molecule has 168 valence electrons. The highest BCUT2D eigenvalue weighted by Gasteiger charge is 2.24. The first-order valence-electron chi connectivity index (χ1n) is 10.5. The molecule has 0 radical (unpaired) electrons. The number of ketones is 1. The Morgan fingerprint density at radius 1 is 1.06 bits per heavy atom. The second-order valence-electron chi connectivity index (χ2n) is 7.76. The SMILES string of the molecule is Cc1c(CC(=O)c2ncc(-c3ccccn3)o2)c2cc(O)ccc2n1C(=O)c1ccc(Cl)cc1. The number of hydrogen-bond acceptors (Lipinski definition) is 6. The number of halogens is 1. The number of carbonyl (C=O) groups is 2. The van der Waals surface area contributed by atoms with Crippen LogP contribution in [-0.2, 0) is 6.42 Å². The first-order chi connectivity index (χ1) is 16.4. The van der Waals surface area contributed by atoms with Gasteiger partial charge >= 0.3 is 0 Å². The zero-order chi connectivity index (χ0) is 23.8. The maximum absolute atomic E-state index is 13.3. The Bertz CT molecular complexity index is 1540. The number of phenolic OH excluding ortho intramolecular Hbond substituents is 1. The van der Waals surface area contributed by atoms with E-state index in [4.69, 9.17) is 16.0 Å². The average Bonchev–Trinajstić information content (AvgIpc) is 3.44. The maximum atomic E-state index is 13.3. The largest absolute Gasteiger partial charge is 0.508 e. The highest BCUT2D eigenvalue weighted by Crippen LogP contribution is 2.31. The maximum Gasteiger partial charge on any atom is 0.264 e. The van der Waals surface area contributed by atoms with E-state index in [1.165, 1.54) is 16.8 Å². The summed E-state index contributed by atoms with van der Waals surface area (Å²) in [5.74, 6) is -0.251. The van der Waals surface area contributed by atoms with E-state index in [1.807, 2.05) is 6.07 Å². The average molecular weight is 472 g/mol. The summed E-state index contributed by atoms with van der Waals surface area (Å²) in [6, 6.07) is 16.7. The number of oxazole rings is 1. The van der Waals surface area contributed by atoms with Crippen molar-refractivity contribution in [3.63, 3.8) is 0 Å². The number of rotatable bonds is 5. The van der Waals surface area contributed by atoms with Crippen molar-refractivity contribution in [3.8, 4) is 17.2 Å². The van der Waals surface area contributed by atoms with Crippen molar-refractivity contribution in [2.75, 3.05) is 0 Å². The molecule has 5 rings (SSSR count). The third-order valence-electron chi connectivity index (χ3n) is 5.61. The van der Waals surface area contributed by atoms with Gasteiger partial charge in [-0.3, -0.25) is 19.1 Å². The Kier molecular flexibility index (Phi) is 5.47. The normalized spacial score (nSPS) is 11.1. The van der Waals surface area contributed by atoms with Crippen molar-refractivity contribution in [1.82, 2.24) is 14.5 Å². The lowest BCUT2D eigenvalue weighted by Gasteiger charge is -2.08. The van der Waals surface area contributed by atoms with Crippen LogP contribution in [0, 0.1) is 6.92 Å². The van der Waals surface area contributed by atoms with Gasteiger partial charge in [-0.2, -0.15) is 0 Å². The van der Waals surface area contributed by atoms with Gasteiger partial charge in [0.05, 0.1) is 11.7 Å². The highest BCUT2D eigenvalue weighted by atomic mass is 35.5. The molecule has 0 fully saturated rings. The van der Waals surface area contributed by atoms with Gasteiger partial charge in [0, 0.05) is 34.3 Å². The van der Waals surface area contributed by atoms with Crippen molar-refractivity contribution < 1.29 is 19.1 Å². The molecule has 0 atom stereocenters. The fourth-order valence-corrected chi connectivity index (χ4v) is 4.07. The fourth-order valence-electron chi connectivity index (χ4n) is 3.94. The van der Waals surface area contributed by atoms with Crippen LogP contribution in [0.5, 0.6) is 5.75 Å². The minimum Gasteiger partial charge on any atom is -0.508 e. The molecule has 0 bridgehead atoms. The molecule has 0 aliphatic carbocycles. The molecule has 34 heavy (non-hydrogen) atoms. The Labute approximate surface area is 199 Å². The summed E-state index contributed by atoms with van der Waals surface area (Å²) in [5, 5.41) is 11.2. The summed E-state index contributed by atoms with van der Waals surface area (Å²) in [7, 11) is 0. The second-order valence-corrected chi connectivity index (χ2v) is 8.19. The van der Waals surface area contributed by atoms with E-state index in [1.54, 1.807) is 61.7 Å². The molecule has 0 saturated carbocycles. The summed E-state index contributed by atoms with van der Waals surface area (Å²) < 4.78 is 7.19. The van der Waals surface area contributed by atoms with Crippen molar-refractivity contribution in [1.29, 1.82) is 0 Å². The van der Waals surface area contributed by atoms with E-state index in [0.29, 0.717) is 44.2 Å². The molecular formula is C26H18ClN3O4. The van der Waals surface area contributed by atoms with Gasteiger partial charge in [0.15, 0.2) is 5.76 Å². The summed E-state index contributed by atoms with van der Waals surface area (Å²) in [6.45, 7) is 1.77. The number of fused-ring (bicyclic) bond motifs is 1. The Morgan fingerprint density at radius 2 is 1.85 bits per heavy atom. The molecule has 0 spiro atoms. The van der Waals surface area contributed by atoms with Crippen LogP contribution in [0.25, 0.3) is 22.4 Å². The fraction of sp³-hybridized carbons (Fsp3) is 0.0769. The quantitative estimate of drug-likeness (QED) is 0.341. The Balaban J connectivity index is 1.54. The third kappa shape index (κ3) is 3.86. The minimum atomic E-state index is -0.355. The van der Waals surface area contributed by atoms with Crippen LogP contribution < -0.4 is 0 Å². The number of phenols is 1. The molecule has 0 amide bonds. The molecule has 0 aliphatic heterocycles. The number of benzene rings is 2. The lowest BCUT2D eigenvalue weighted by Crippen LogP contribution is -2.14. The standard InChI is InChI=1S/C26H18ClN3O4/c1-15-19(13-23(32)25-29-14-24(34-25)21-4-2-3-11-28-21)20-12-18(31)9-10-22(20)30(15)26(33)16-5-7-17(27)8-6-16/h2-12,14,31H,13H2,1H3. The summed E-state index contributed by atoms with van der Waals surface area (Å²) in [5.41, 5.74) is 2.80. The zero-order valence-corrected chi connectivity index (χ0v) is 18.8. The van der Waals surface area contributed by atoms with Crippen LogP contribution in [0.3, 0.4) is 0 Å². The molecular weight excluding hydrogens is 454 g/mol. The zero-order valence-electron chi connectivity index (χ0n) is 18.0. The van der Waals surface area contributed by atoms with Gasteiger partial charge in [0.25, 0.3) is 11.8 Å². The first kappa shape index (κ1) is 21.6. The number of Topliss-reactive ketones (excluding diaryl/α,β-unsaturated/α-hetero) is 1. The predicted molar refractivity (Wildman–Crippen MR) is 127 cm³/mol. The Hall–Kier alpha value is -4.23. The minimum absolute atomic E-state index is 0.0332. The predicted octanol–water partition coefficient (Wildman–Crippen LogP) is 5.47. The second kappa shape index (κ2) is 8.61. The molecule has 7 nitrogen and oxygen atoms in total. The van der Waals surface area contributed by atoms with E-state index < -0.39 is 0 Å². The van der Waals surface area contributed by atoms with Crippen LogP contribution >= 0.6 is 11.6 Å². The van der Waals surface area contributed by atoms with Gasteiger partial charge in [-0.25, -0.2) is 4.98 Å². The van der Waals surface area contributed by atoms with E-state index in [9.17, 15) is 14.7 Å². The third-order valence-corrected chi connectivity index (χ3v) is 5.86. The van der Waals surface area contributed by atoms with Crippen LogP contribution in [0.1, 0.15) is 32.3 Å². The number of nitrogens with zero attached hydrogens (tertiary/aromatic N) is 3. The van der Waals surface area contributed by atoms with Crippen molar-refractivity contribution in [3.05, 3.63) is 101 Å². The van der Waals surface area contributed by atoms with Crippen molar-refractivity contribution in [2.45, 2.75) is 13.3 Å². The molecule has 8 heteroatoms. The van der Waals surface area contributed by atoms with Crippen LogP contribution in [0.15, 0.2) is 77.5 Å². The number of aromatic nitrogens is 3. The summed E-state index contributed by atoms with van der Waals surface area (Å²) in [4.78, 5) is 34.7. The lowest BCUT2D eigenvalue weighted by atomic mass is 10.0. The molecule has 2 aromatic carbocycles. The van der Waals surface area contributed by atoms with Crippen molar-refractivity contribution >= 4 is 34.2 Å². The molecule has 3 aromatic heterocycles. The summed E-state index contributed by atoms with van der Waals surface area (Å²) in [6.07, 6.45) is 3.03. The number of hydrogen-bond donors (Lipinski definition) is 1. The number of aromatic hydroxyl groups is 1. The number of carbonyl (C=O) groups excluding carboxylic acids is 2. The smallest absolute Gasteiger partial charge is 0.264 e. The summed E-state index contributed by atoms with van der Waals surface area (Å²) >= 11 is 5.96. The van der Waals surface area contributed by atoms with Crippen LogP contribution in [0.2, 0.25) is 5.02 Å². The Morgan fingerprint density at radius 3 is 2.59 bits per heavy atom. The van der Waals surface area contributed by atoms with Gasteiger partial charge < -0.3 is 9.52 Å². The molecule has 0 aliphatic rings. The number of pyridine rings is 1. The van der Waals surface area contributed by atoms with Gasteiger partial charge in [0.2, 0.25) is 5.78 Å². The van der Waals surface area contributed by atoms with Gasteiger partial charge in [0.1, 0.15) is 11.4 Å². The van der Waals surface area contributed by atoms with Crippen LogP contribution in [-0.4, -0.2) is 31.3 Å². The van der Waals surface area contributed by atoms with Crippen molar-refractivity contribution in [2.24, 2.45) is 0 Å². The van der Waals surface area contributed by atoms with Gasteiger partial charge in [-0.1, -0.05) is 17.7 Å². The topological polar surface area (TPSA) is 98.2 Å². The molecule has 5 aromatic rings. The first-order valence-corrected chi connectivity index (χ1v) is 10.8. The lowest BCUT2D eigenvalue weighted by molar-refractivity contribution is 0.0948. The monoisotopic (exact) mass is 471 g/mol. The van der Waals surface area contributed by atoms with E-state index >= 15 is 0 Å². The highest BCUT2D eigenvalue weighted by molar-refractivity contribution is 6.30. The van der Waals surface area contributed by atoms with Crippen LogP contribution in [0.4, 0.5) is 0 Å². The molecule has 0 unspecified atom stereocenters. The van der Waals surface area contributed by atoms with Gasteiger partial charge in [-0.05, 0) is 67.1 Å². The molecule has 3 heterocycles. The van der Waals surface area contributed by atoms with E-state index in [2.05, 4.69) is 9.97 Å². The van der Waals surface area contributed by atoms with E-state index in [0.717, 1.165) is 0 Å².